The molecule has 0 fully saturated rings. The van der Waals surface area contributed by atoms with E-state index in [2.05, 4.69) is 0 Å². The highest BCUT2D eigenvalue weighted by Gasteiger charge is 2.16. The van der Waals surface area contributed by atoms with E-state index < -0.39 is 0 Å². The average molecular weight is 163 g/mol. The van der Waals surface area contributed by atoms with Crippen molar-refractivity contribution in [2.75, 3.05) is 0 Å². The van der Waals surface area contributed by atoms with Crippen molar-refractivity contribution in [1.29, 1.82) is 0 Å². The number of pyridine rings is 1. The van der Waals surface area contributed by atoms with Crippen molar-refractivity contribution in [2.45, 2.75) is 19.4 Å². The van der Waals surface area contributed by atoms with Gasteiger partial charge in [0.15, 0.2) is 5.78 Å². The van der Waals surface area contributed by atoms with Gasteiger partial charge in [-0.2, -0.15) is 0 Å². The summed E-state index contributed by atoms with van der Waals surface area (Å²) in [6.07, 6.45) is 1.36. The Morgan fingerprint density at radius 3 is 2.83 bits per heavy atom. The van der Waals surface area contributed by atoms with Gasteiger partial charge in [0.2, 0.25) is 0 Å². The maximum Gasteiger partial charge on any atom is 0.251 e. The van der Waals surface area contributed by atoms with E-state index in [0.29, 0.717) is 18.7 Å². The maximum absolute atomic E-state index is 11.3. The lowest BCUT2D eigenvalue weighted by Crippen LogP contribution is -2.28. The molecule has 0 aromatic carbocycles. The second-order valence-corrected chi connectivity index (χ2v) is 2.93. The second-order valence-electron chi connectivity index (χ2n) is 2.93. The van der Waals surface area contributed by atoms with Crippen molar-refractivity contribution in [3.63, 3.8) is 0 Å². The third kappa shape index (κ3) is 0.978. The number of aromatic nitrogens is 1. The highest BCUT2D eigenvalue weighted by molar-refractivity contribution is 5.94. The molecular formula is C9H9NO2. The van der Waals surface area contributed by atoms with Gasteiger partial charge in [-0.05, 0) is 12.5 Å². The molecule has 3 nitrogen and oxygen atoms in total. The van der Waals surface area contributed by atoms with Gasteiger partial charge >= 0.3 is 0 Å². The molecule has 1 aliphatic rings. The van der Waals surface area contributed by atoms with Gasteiger partial charge < -0.3 is 4.57 Å². The molecule has 0 unspecified atom stereocenters. The number of hydrogen-bond acceptors (Lipinski definition) is 2. The number of Topliss-reactive ketones (excluding diaryl/α,β-unsaturated/α-hetero) is 1. The van der Waals surface area contributed by atoms with E-state index in [9.17, 15) is 9.59 Å². The molecule has 12 heavy (non-hydrogen) atoms. The first-order valence-corrected chi connectivity index (χ1v) is 4.02. The Bertz CT molecular complexity index is 378. The molecule has 0 aliphatic carbocycles. The van der Waals surface area contributed by atoms with E-state index in [1.165, 1.54) is 6.07 Å². The fourth-order valence-corrected chi connectivity index (χ4v) is 1.52. The normalized spacial score (nSPS) is 15.8. The van der Waals surface area contributed by atoms with E-state index in [4.69, 9.17) is 0 Å². The SMILES string of the molecule is O=C1CCCn2c1cccc2=O. The molecule has 0 amide bonds. The molecule has 2 rings (SSSR count). The third-order valence-electron chi connectivity index (χ3n) is 2.12. The molecule has 0 N–H and O–H groups in total. The van der Waals surface area contributed by atoms with Crippen LogP contribution in [0.25, 0.3) is 0 Å². The van der Waals surface area contributed by atoms with Crippen molar-refractivity contribution in [1.82, 2.24) is 4.57 Å². The second kappa shape index (κ2) is 2.59. The molecule has 0 spiro atoms. The first-order valence-electron chi connectivity index (χ1n) is 4.02. The minimum absolute atomic E-state index is 0.0689. The fourth-order valence-electron chi connectivity index (χ4n) is 1.52. The zero-order valence-electron chi connectivity index (χ0n) is 6.62. The minimum Gasteiger partial charge on any atom is -0.306 e. The van der Waals surface area contributed by atoms with Gasteiger partial charge in [0.1, 0.15) is 0 Å². The summed E-state index contributed by atoms with van der Waals surface area (Å²) < 4.78 is 1.55. The van der Waals surface area contributed by atoms with E-state index in [-0.39, 0.29) is 11.3 Å². The van der Waals surface area contributed by atoms with E-state index >= 15 is 0 Å². The third-order valence-corrected chi connectivity index (χ3v) is 2.12. The van der Waals surface area contributed by atoms with Crippen molar-refractivity contribution in [3.05, 3.63) is 34.2 Å². The van der Waals surface area contributed by atoms with Crippen molar-refractivity contribution < 1.29 is 4.79 Å². The monoisotopic (exact) mass is 163 g/mol. The Morgan fingerprint density at radius 2 is 2.08 bits per heavy atom. The molecule has 1 aliphatic heterocycles. The van der Waals surface area contributed by atoms with Crippen molar-refractivity contribution in [3.8, 4) is 0 Å². The van der Waals surface area contributed by atoms with Crippen LogP contribution in [0.1, 0.15) is 23.3 Å². The molecule has 3 heteroatoms. The van der Waals surface area contributed by atoms with Gasteiger partial charge in [0.25, 0.3) is 5.56 Å². The summed E-state index contributed by atoms with van der Waals surface area (Å²) in [5.74, 6) is 0.0824. The highest BCUT2D eigenvalue weighted by atomic mass is 16.1. The molecule has 0 saturated carbocycles. The van der Waals surface area contributed by atoms with Gasteiger partial charge in [0.05, 0.1) is 5.69 Å². The van der Waals surface area contributed by atoms with Crippen LogP contribution in [0.5, 0.6) is 0 Å². The zero-order valence-corrected chi connectivity index (χ0v) is 6.62. The number of rotatable bonds is 0. The van der Waals surface area contributed by atoms with E-state index in [0.717, 1.165) is 6.42 Å². The number of carbonyl (C=O) groups excluding carboxylic acids is 1. The van der Waals surface area contributed by atoms with Gasteiger partial charge in [-0.25, -0.2) is 0 Å². The predicted octanol–water partition coefficient (Wildman–Crippen LogP) is 0.825. The maximum atomic E-state index is 11.3. The molecule has 0 atom stereocenters. The number of carbonyl (C=O) groups is 1. The fraction of sp³-hybridized carbons (Fsp3) is 0.333. The molecular weight excluding hydrogens is 154 g/mol. The highest BCUT2D eigenvalue weighted by Crippen LogP contribution is 2.10. The Hall–Kier alpha value is -1.38. The summed E-state index contributed by atoms with van der Waals surface area (Å²) in [6.45, 7) is 0.681. The van der Waals surface area contributed by atoms with Gasteiger partial charge in [-0.3, -0.25) is 9.59 Å². The molecule has 1 aromatic rings. The number of hydrogen-bond donors (Lipinski definition) is 0. The van der Waals surface area contributed by atoms with Crippen LogP contribution in [-0.2, 0) is 6.54 Å². The summed E-state index contributed by atoms with van der Waals surface area (Å²) in [6, 6.07) is 4.84. The number of nitrogens with zero attached hydrogens (tertiary/aromatic N) is 1. The lowest BCUT2D eigenvalue weighted by atomic mass is 10.1. The van der Waals surface area contributed by atoms with E-state index in [1.807, 2.05) is 0 Å². The molecule has 62 valence electrons. The van der Waals surface area contributed by atoms with Crippen LogP contribution in [0.3, 0.4) is 0 Å². The number of fused-ring (bicyclic) bond motifs is 1. The lowest BCUT2D eigenvalue weighted by molar-refractivity contribution is 0.0952. The molecule has 0 saturated heterocycles. The average Bonchev–Trinajstić information content (AvgIpc) is 2.07. The Balaban J connectivity index is 2.67. The summed E-state index contributed by atoms with van der Waals surface area (Å²) in [7, 11) is 0. The van der Waals surface area contributed by atoms with Crippen LogP contribution in [0.2, 0.25) is 0 Å². The summed E-state index contributed by atoms with van der Waals surface area (Å²) in [4.78, 5) is 22.5. The molecule has 2 heterocycles. The smallest absolute Gasteiger partial charge is 0.251 e. The standard InChI is InChI=1S/C9H9NO2/c11-8-4-2-6-10-7(8)3-1-5-9(10)12/h1,3,5H,2,4,6H2. The number of ketones is 1. The topological polar surface area (TPSA) is 39.1 Å². The zero-order chi connectivity index (χ0) is 8.55. The lowest BCUT2D eigenvalue weighted by Gasteiger charge is -2.15. The first kappa shape index (κ1) is 7.28. The van der Waals surface area contributed by atoms with Gasteiger partial charge in [-0.15, -0.1) is 0 Å². The quantitative estimate of drug-likeness (QED) is 0.568. The largest absolute Gasteiger partial charge is 0.306 e. The van der Waals surface area contributed by atoms with Crippen molar-refractivity contribution >= 4 is 5.78 Å². The van der Waals surface area contributed by atoms with Crippen LogP contribution in [0.4, 0.5) is 0 Å². The van der Waals surface area contributed by atoms with Crippen LogP contribution >= 0.6 is 0 Å². The Kier molecular flexibility index (Phi) is 1.57. The summed E-state index contributed by atoms with van der Waals surface area (Å²) in [5, 5.41) is 0. The Morgan fingerprint density at radius 1 is 1.25 bits per heavy atom. The van der Waals surface area contributed by atoms with Crippen LogP contribution in [-0.4, -0.2) is 10.4 Å². The predicted molar refractivity (Wildman–Crippen MR) is 44.3 cm³/mol. The van der Waals surface area contributed by atoms with Crippen molar-refractivity contribution in [2.24, 2.45) is 0 Å². The van der Waals surface area contributed by atoms with E-state index in [1.54, 1.807) is 16.7 Å². The van der Waals surface area contributed by atoms with Crippen LogP contribution in [0, 0.1) is 0 Å². The summed E-state index contributed by atoms with van der Waals surface area (Å²) in [5.41, 5.74) is 0.495. The van der Waals surface area contributed by atoms with Gasteiger partial charge in [0, 0.05) is 19.0 Å². The molecule has 0 radical (unpaired) electrons. The van der Waals surface area contributed by atoms with Gasteiger partial charge in [-0.1, -0.05) is 6.07 Å². The molecule has 1 aromatic heterocycles. The Labute approximate surface area is 69.6 Å². The van der Waals surface area contributed by atoms with Crippen LogP contribution in [0.15, 0.2) is 23.0 Å². The first-order chi connectivity index (χ1) is 5.79. The summed E-state index contributed by atoms with van der Waals surface area (Å²) >= 11 is 0. The molecule has 0 bridgehead atoms. The van der Waals surface area contributed by atoms with Crippen LogP contribution < -0.4 is 5.56 Å². The minimum atomic E-state index is -0.0689.